The highest BCUT2D eigenvalue weighted by Crippen LogP contribution is 2.21. The van der Waals surface area contributed by atoms with E-state index < -0.39 is 0 Å². The van der Waals surface area contributed by atoms with Gasteiger partial charge in [-0.25, -0.2) is 0 Å². The van der Waals surface area contributed by atoms with Gasteiger partial charge in [-0.05, 0) is 78.3 Å². The van der Waals surface area contributed by atoms with Crippen LogP contribution in [0.2, 0.25) is 0 Å². The lowest BCUT2D eigenvalue weighted by Gasteiger charge is -2.32. The first kappa shape index (κ1) is 15.4. The third kappa shape index (κ3) is 5.52. The Bertz CT molecular complexity index is 375. The number of likely N-dealkylation sites (tertiary alicyclic amines) is 1. The van der Waals surface area contributed by atoms with Crippen molar-refractivity contribution in [2.45, 2.75) is 32.4 Å². The van der Waals surface area contributed by atoms with Gasteiger partial charge in [-0.2, -0.15) is 0 Å². The number of aliphatic hydroxyl groups excluding tert-OH is 1. The average Bonchev–Trinajstić information content (AvgIpc) is 2.77. The molecule has 3 nitrogen and oxygen atoms in total. The van der Waals surface area contributed by atoms with Crippen LogP contribution >= 0.6 is 27.3 Å². The van der Waals surface area contributed by atoms with E-state index in [0.29, 0.717) is 0 Å². The Morgan fingerprint density at radius 2 is 2.26 bits per heavy atom. The van der Waals surface area contributed by atoms with Gasteiger partial charge in [-0.1, -0.05) is 0 Å². The van der Waals surface area contributed by atoms with E-state index in [4.69, 9.17) is 0 Å². The lowest BCUT2D eigenvalue weighted by Crippen LogP contribution is -2.40. The van der Waals surface area contributed by atoms with Gasteiger partial charge in [0.15, 0.2) is 0 Å². The molecular formula is C14H23BrN2OS. The average molecular weight is 347 g/mol. The molecule has 0 saturated carbocycles. The van der Waals surface area contributed by atoms with Crippen LogP contribution in [0.3, 0.4) is 0 Å². The van der Waals surface area contributed by atoms with E-state index in [2.05, 4.69) is 37.6 Å². The van der Waals surface area contributed by atoms with Crippen LogP contribution in [0.25, 0.3) is 0 Å². The molecule has 1 atom stereocenters. The fourth-order valence-electron chi connectivity index (χ4n) is 2.61. The number of thiophene rings is 1. The first-order valence-corrected chi connectivity index (χ1v) is 8.65. The minimum atomic E-state index is -0.202. The molecule has 0 amide bonds. The van der Waals surface area contributed by atoms with Crippen molar-refractivity contribution in [2.75, 3.05) is 26.2 Å². The Labute approximate surface area is 128 Å². The van der Waals surface area contributed by atoms with E-state index in [-0.39, 0.29) is 6.10 Å². The van der Waals surface area contributed by atoms with Crippen LogP contribution in [0, 0.1) is 5.92 Å². The monoisotopic (exact) mass is 346 g/mol. The summed E-state index contributed by atoms with van der Waals surface area (Å²) in [4.78, 5) is 2.37. The van der Waals surface area contributed by atoms with Crippen LogP contribution < -0.4 is 5.32 Å². The molecule has 1 aliphatic rings. The molecule has 2 heterocycles. The smallest absolute Gasteiger partial charge is 0.0701 e. The second-order valence-electron chi connectivity index (χ2n) is 5.48. The number of rotatable bonds is 6. The third-order valence-corrected chi connectivity index (χ3v) is 5.17. The first-order valence-electron chi connectivity index (χ1n) is 6.97. The van der Waals surface area contributed by atoms with E-state index in [1.54, 1.807) is 11.3 Å². The number of nitrogens with zero attached hydrogens (tertiary/aromatic N) is 1. The van der Waals surface area contributed by atoms with Gasteiger partial charge >= 0.3 is 0 Å². The summed E-state index contributed by atoms with van der Waals surface area (Å²) >= 11 is 5.23. The van der Waals surface area contributed by atoms with Gasteiger partial charge in [0.1, 0.15) is 0 Å². The molecule has 108 valence electrons. The Morgan fingerprint density at radius 3 is 2.84 bits per heavy atom. The Hall–Kier alpha value is 0.0600. The molecule has 2 rings (SSSR count). The van der Waals surface area contributed by atoms with Gasteiger partial charge in [0.25, 0.3) is 0 Å². The molecule has 0 spiro atoms. The normalized spacial score (nSPS) is 19.7. The molecule has 0 bridgehead atoms. The quantitative estimate of drug-likeness (QED) is 0.831. The molecule has 1 aliphatic heterocycles. The second kappa shape index (κ2) is 7.74. The van der Waals surface area contributed by atoms with E-state index in [1.165, 1.54) is 22.2 Å². The zero-order chi connectivity index (χ0) is 13.7. The lowest BCUT2D eigenvalue weighted by molar-refractivity contribution is 0.0998. The molecular weight excluding hydrogens is 324 g/mol. The largest absolute Gasteiger partial charge is 0.392 e. The first-order chi connectivity index (χ1) is 9.13. The molecule has 1 fully saturated rings. The Balaban J connectivity index is 1.60. The highest BCUT2D eigenvalue weighted by Gasteiger charge is 2.19. The number of piperidine rings is 1. The van der Waals surface area contributed by atoms with E-state index in [1.807, 2.05) is 6.92 Å². The zero-order valence-corrected chi connectivity index (χ0v) is 13.8. The SMILES string of the molecule is C[C@@H](O)CN1CCC(CNCc2csc(Br)c2)CC1. The van der Waals surface area contributed by atoms with Gasteiger partial charge in [0.2, 0.25) is 0 Å². The fraction of sp³-hybridized carbons (Fsp3) is 0.714. The molecule has 1 aromatic rings. The van der Waals surface area contributed by atoms with E-state index in [9.17, 15) is 5.11 Å². The number of hydrogen-bond donors (Lipinski definition) is 2. The number of halogens is 1. The molecule has 0 radical (unpaired) electrons. The summed E-state index contributed by atoms with van der Waals surface area (Å²) < 4.78 is 1.20. The molecule has 2 N–H and O–H groups in total. The molecule has 5 heteroatoms. The number of nitrogens with one attached hydrogen (secondary N) is 1. The number of aliphatic hydroxyl groups is 1. The van der Waals surface area contributed by atoms with Crippen molar-refractivity contribution in [1.82, 2.24) is 10.2 Å². The summed E-state index contributed by atoms with van der Waals surface area (Å²) in [6.07, 6.45) is 2.28. The van der Waals surface area contributed by atoms with Gasteiger partial charge in [0, 0.05) is 13.1 Å². The van der Waals surface area contributed by atoms with Crippen LogP contribution in [0.1, 0.15) is 25.3 Å². The molecule has 1 aromatic heterocycles. The fourth-order valence-corrected chi connectivity index (χ4v) is 3.82. The Morgan fingerprint density at radius 1 is 1.53 bits per heavy atom. The summed E-state index contributed by atoms with van der Waals surface area (Å²) in [6, 6.07) is 2.18. The number of β-amino-alcohol motifs (C(OH)–C–C–N with tert-alkyl or cyclic N) is 1. The van der Waals surface area contributed by atoms with Gasteiger partial charge in [0.05, 0.1) is 9.89 Å². The van der Waals surface area contributed by atoms with Crippen LogP contribution in [0.4, 0.5) is 0 Å². The summed E-state index contributed by atoms with van der Waals surface area (Å²) in [6.45, 7) is 7.02. The Kier molecular flexibility index (Phi) is 6.29. The van der Waals surface area contributed by atoms with Crippen LogP contribution in [0.5, 0.6) is 0 Å². The predicted molar refractivity (Wildman–Crippen MR) is 84.6 cm³/mol. The van der Waals surface area contributed by atoms with Gasteiger partial charge in [-0.15, -0.1) is 11.3 Å². The maximum absolute atomic E-state index is 9.38. The third-order valence-electron chi connectivity index (χ3n) is 3.61. The van der Waals surface area contributed by atoms with E-state index in [0.717, 1.165) is 38.6 Å². The van der Waals surface area contributed by atoms with Crippen LogP contribution in [0.15, 0.2) is 15.2 Å². The summed E-state index contributed by atoms with van der Waals surface area (Å²) in [5, 5.41) is 15.1. The zero-order valence-electron chi connectivity index (χ0n) is 11.4. The molecule has 1 saturated heterocycles. The minimum absolute atomic E-state index is 0.202. The molecule has 19 heavy (non-hydrogen) atoms. The topological polar surface area (TPSA) is 35.5 Å². The highest BCUT2D eigenvalue weighted by molar-refractivity contribution is 9.11. The van der Waals surface area contributed by atoms with Crippen molar-refractivity contribution in [3.05, 3.63) is 20.8 Å². The maximum Gasteiger partial charge on any atom is 0.0701 e. The van der Waals surface area contributed by atoms with Gasteiger partial charge < -0.3 is 15.3 Å². The van der Waals surface area contributed by atoms with Crippen molar-refractivity contribution in [3.63, 3.8) is 0 Å². The summed E-state index contributed by atoms with van der Waals surface area (Å²) in [5.74, 6) is 0.785. The highest BCUT2D eigenvalue weighted by atomic mass is 79.9. The van der Waals surface area contributed by atoms with Crippen molar-refractivity contribution >= 4 is 27.3 Å². The minimum Gasteiger partial charge on any atom is -0.392 e. The molecule has 0 aromatic carbocycles. The van der Waals surface area contributed by atoms with Crippen molar-refractivity contribution in [2.24, 2.45) is 5.92 Å². The predicted octanol–water partition coefficient (Wildman–Crippen LogP) is 2.69. The standard InChI is InChI=1S/C14H23BrN2OS/c1-11(18)9-17-4-2-12(3-5-17)7-16-8-13-6-14(15)19-10-13/h6,10-12,16,18H,2-5,7-9H2,1H3/t11-/m1/s1. The van der Waals surface area contributed by atoms with Crippen molar-refractivity contribution in [1.29, 1.82) is 0 Å². The van der Waals surface area contributed by atoms with Crippen LogP contribution in [-0.4, -0.2) is 42.3 Å². The second-order valence-corrected chi connectivity index (χ2v) is 7.77. The summed E-state index contributed by atoms with van der Waals surface area (Å²) in [7, 11) is 0. The van der Waals surface area contributed by atoms with Crippen molar-refractivity contribution < 1.29 is 5.11 Å². The van der Waals surface area contributed by atoms with E-state index >= 15 is 0 Å². The number of hydrogen-bond acceptors (Lipinski definition) is 4. The maximum atomic E-state index is 9.38. The summed E-state index contributed by atoms with van der Waals surface area (Å²) in [5.41, 5.74) is 1.36. The van der Waals surface area contributed by atoms with Crippen molar-refractivity contribution in [3.8, 4) is 0 Å². The lowest BCUT2D eigenvalue weighted by atomic mass is 9.96. The molecule has 0 aliphatic carbocycles. The van der Waals surface area contributed by atoms with Gasteiger partial charge in [-0.3, -0.25) is 0 Å². The molecule has 0 unspecified atom stereocenters. The van der Waals surface area contributed by atoms with Crippen LogP contribution in [-0.2, 0) is 6.54 Å².